The molecule has 10 heteroatoms. The molecule has 0 amide bonds. The lowest BCUT2D eigenvalue weighted by atomic mass is 9.89. The summed E-state index contributed by atoms with van der Waals surface area (Å²) in [4.78, 5) is 31.3. The Hall–Kier alpha value is -3.08. The van der Waals surface area contributed by atoms with Gasteiger partial charge in [-0.25, -0.2) is 19.6 Å². The Bertz CT molecular complexity index is 893. The summed E-state index contributed by atoms with van der Waals surface area (Å²) in [6, 6.07) is 10.4. The SMILES string of the molecule is O=C(O)C(=O)O.OC(COC1CCCc2ccccc21)CN1CCN(c2ncccn2)CC1. The summed E-state index contributed by atoms with van der Waals surface area (Å²) in [6.07, 6.45) is 6.54. The zero-order chi connectivity index (χ0) is 23.6. The average Bonchev–Trinajstić information content (AvgIpc) is 2.84. The van der Waals surface area contributed by atoms with Crippen LogP contribution in [0.5, 0.6) is 0 Å². The highest BCUT2D eigenvalue weighted by molar-refractivity contribution is 6.27. The monoisotopic (exact) mass is 458 g/mol. The number of aliphatic carboxylic acids is 2. The van der Waals surface area contributed by atoms with Gasteiger partial charge in [-0.05, 0) is 36.5 Å². The third-order valence-electron chi connectivity index (χ3n) is 5.66. The molecule has 1 aromatic heterocycles. The number of fused-ring (bicyclic) bond motifs is 1. The molecule has 1 saturated heterocycles. The van der Waals surface area contributed by atoms with E-state index in [0.717, 1.165) is 51.4 Å². The number of rotatable bonds is 6. The number of carboxylic acid groups (broad SMARTS) is 2. The zero-order valence-corrected chi connectivity index (χ0v) is 18.4. The summed E-state index contributed by atoms with van der Waals surface area (Å²) in [5, 5.41) is 25.2. The van der Waals surface area contributed by atoms with Crippen molar-refractivity contribution in [3.63, 3.8) is 0 Å². The molecule has 2 atom stereocenters. The fourth-order valence-electron chi connectivity index (χ4n) is 4.05. The summed E-state index contributed by atoms with van der Waals surface area (Å²) in [5.74, 6) is -2.86. The standard InChI is InChI=1S/C21H28N4O2.C2H2O4/c26-18(16-27-20-8-3-6-17-5-1-2-7-19(17)20)15-24-11-13-25(14-12-24)21-22-9-4-10-23-21;3-1(4)2(5)6/h1-2,4-5,7,9-10,18,20,26H,3,6,8,11-16H2;(H,3,4)(H,5,6). The number of aryl methyl sites for hydroxylation is 1. The predicted molar refractivity (Wildman–Crippen MR) is 120 cm³/mol. The first-order valence-electron chi connectivity index (χ1n) is 11.0. The molecule has 0 saturated carbocycles. The van der Waals surface area contributed by atoms with Crippen LogP contribution in [0.25, 0.3) is 0 Å². The topological polar surface area (TPSA) is 136 Å². The minimum Gasteiger partial charge on any atom is -0.473 e. The first-order chi connectivity index (χ1) is 15.9. The third-order valence-corrected chi connectivity index (χ3v) is 5.66. The summed E-state index contributed by atoms with van der Waals surface area (Å²) in [7, 11) is 0. The summed E-state index contributed by atoms with van der Waals surface area (Å²) in [6.45, 7) is 4.61. The van der Waals surface area contributed by atoms with Crippen LogP contribution < -0.4 is 4.90 Å². The van der Waals surface area contributed by atoms with Crippen molar-refractivity contribution in [2.45, 2.75) is 31.5 Å². The van der Waals surface area contributed by atoms with E-state index in [2.05, 4.69) is 44.0 Å². The Morgan fingerprint density at radius 3 is 2.36 bits per heavy atom. The Kier molecular flexibility index (Phi) is 9.11. The van der Waals surface area contributed by atoms with Crippen LogP contribution in [0.2, 0.25) is 0 Å². The number of benzene rings is 1. The molecule has 10 nitrogen and oxygen atoms in total. The number of aliphatic hydroxyl groups excluding tert-OH is 1. The van der Waals surface area contributed by atoms with Crippen LogP contribution in [0, 0.1) is 0 Å². The van der Waals surface area contributed by atoms with Crippen molar-refractivity contribution in [2.75, 3.05) is 44.2 Å². The van der Waals surface area contributed by atoms with Crippen molar-refractivity contribution in [1.82, 2.24) is 14.9 Å². The van der Waals surface area contributed by atoms with E-state index in [4.69, 9.17) is 24.5 Å². The van der Waals surface area contributed by atoms with Gasteiger partial charge in [0.05, 0.1) is 18.8 Å². The Morgan fingerprint density at radius 1 is 1.03 bits per heavy atom. The van der Waals surface area contributed by atoms with Crippen LogP contribution in [0.1, 0.15) is 30.1 Å². The molecular weight excluding hydrogens is 428 g/mol. The number of carboxylic acids is 2. The number of aromatic nitrogens is 2. The van der Waals surface area contributed by atoms with Crippen LogP contribution in [0.3, 0.4) is 0 Å². The molecule has 2 heterocycles. The van der Waals surface area contributed by atoms with Gasteiger partial charge in [0, 0.05) is 45.1 Å². The lowest BCUT2D eigenvalue weighted by Crippen LogP contribution is -2.49. The second-order valence-electron chi connectivity index (χ2n) is 8.01. The van der Waals surface area contributed by atoms with Gasteiger partial charge in [-0.1, -0.05) is 24.3 Å². The Labute approximate surface area is 192 Å². The van der Waals surface area contributed by atoms with E-state index in [-0.39, 0.29) is 6.10 Å². The molecule has 0 bridgehead atoms. The molecule has 1 aliphatic carbocycles. The third kappa shape index (κ3) is 7.48. The Balaban J connectivity index is 0.000000454. The number of anilines is 1. The quantitative estimate of drug-likeness (QED) is 0.542. The van der Waals surface area contributed by atoms with Gasteiger partial charge in [0.2, 0.25) is 5.95 Å². The summed E-state index contributed by atoms with van der Waals surface area (Å²) < 4.78 is 6.10. The van der Waals surface area contributed by atoms with Crippen molar-refractivity contribution in [2.24, 2.45) is 0 Å². The van der Waals surface area contributed by atoms with E-state index in [1.165, 1.54) is 11.1 Å². The Morgan fingerprint density at radius 2 is 1.70 bits per heavy atom. The summed E-state index contributed by atoms with van der Waals surface area (Å²) in [5.41, 5.74) is 2.69. The first-order valence-corrected chi connectivity index (χ1v) is 11.0. The molecule has 1 fully saturated rings. The fourth-order valence-corrected chi connectivity index (χ4v) is 4.05. The van der Waals surface area contributed by atoms with Gasteiger partial charge < -0.3 is 25.0 Å². The number of hydrogen-bond donors (Lipinski definition) is 3. The largest absolute Gasteiger partial charge is 0.473 e. The van der Waals surface area contributed by atoms with Crippen LogP contribution in [-0.2, 0) is 20.7 Å². The molecule has 2 aliphatic rings. The number of β-amino-alcohol motifs (C(OH)–C–C–N with tert-alkyl or cyclic N) is 1. The maximum absolute atomic E-state index is 10.5. The molecule has 2 unspecified atom stereocenters. The van der Waals surface area contributed by atoms with Crippen molar-refractivity contribution in [3.05, 3.63) is 53.9 Å². The number of nitrogens with zero attached hydrogens (tertiary/aromatic N) is 4. The second kappa shape index (κ2) is 12.2. The van der Waals surface area contributed by atoms with E-state index < -0.39 is 18.0 Å². The van der Waals surface area contributed by atoms with Gasteiger partial charge in [0.1, 0.15) is 0 Å². The van der Waals surface area contributed by atoms with E-state index in [1.807, 2.05) is 6.07 Å². The number of aliphatic hydroxyl groups is 1. The van der Waals surface area contributed by atoms with Crippen LogP contribution in [-0.4, -0.2) is 87.6 Å². The highest BCUT2D eigenvalue weighted by Gasteiger charge is 2.23. The highest BCUT2D eigenvalue weighted by atomic mass is 16.5. The second-order valence-corrected chi connectivity index (χ2v) is 8.01. The molecule has 4 rings (SSSR count). The number of hydrogen-bond acceptors (Lipinski definition) is 8. The number of carbonyl (C=O) groups is 2. The molecule has 33 heavy (non-hydrogen) atoms. The van der Waals surface area contributed by atoms with Gasteiger partial charge in [-0.2, -0.15) is 0 Å². The van der Waals surface area contributed by atoms with Gasteiger partial charge >= 0.3 is 11.9 Å². The lowest BCUT2D eigenvalue weighted by molar-refractivity contribution is -0.159. The minimum absolute atomic E-state index is 0.122. The van der Waals surface area contributed by atoms with Crippen molar-refractivity contribution < 1.29 is 29.6 Å². The maximum Gasteiger partial charge on any atom is 0.414 e. The van der Waals surface area contributed by atoms with E-state index >= 15 is 0 Å². The average molecular weight is 459 g/mol. The van der Waals surface area contributed by atoms with Gasteiger partial charge in [0.15, 0.2) is 0 Å². The van der Waals surface area contributed by atoms with Crippen LogP contribution in [0.4, 0.5) is 5.95 Å². The van der Waals surface area contributed by atoms with Crippen LogP contribution in [0.15, 0.2) is 42.7 Å². The fraction of sp³-hybridized carbons (Fsp3) is 0.478. The van der Waals surface area contributed by atoms with Crippen molar-refractivity contribution in [3.8, 4) is 0 Å². The molecule has 0 spiro atoms. The smallest absolute Gasteiger partial charge is 0.414 e. The maximum atomic E-state index is 10.5. The minimum atomic E-state index is -1.82. The highest BCUT2D eigenvalue weighted by Crippen LogP contribution is 2.32. The lowest BCUT2D eigenvalue weighted by Gasteiger charge is -2.35. The van der Waals surface area contributed by atoms with E-state index in [0.29, 0.717) is 13.2 Å². The number of ether oxygens (including phenoxy) is 1. The van der Waals surface area contributed by atoms with Gasteiger partial charge in [-0.3, -0.25) is 4.90 Å². The van der Waals surface area contributed by atoms with Crippen LogP contribution >= 0.6 is 0 Å². The van der Waals surface area contributed by atoms with Crippen molar-refractivity contribution >= 4 is 17.9 Å². The van der Waals surface area contributed by atoms with E-state index in [1.54, 1.807) is 12.4 Å². The molecule has 1 aliphatic heterocycles. The van der Waals surface area contributed by atoms with E-state index in [9.17, 15) is 5.11 Å². The molecule has 0 radical (unpaired) electrons. The molecule has 1 aromatic carbocycles. The summed E-state index contributed by atoms with van der Waals surface area (Å²) >= 11 is 0. The molecule has 3 N–H and O–H groups in total. The molecule has 2 aromatic rings. The predicted octanol–water partition coefficient (Wildman–Crippen LogP) is 1.21. The normalized spacial score (nSPS) is 19.1. The van der Waals surface area contributed by atoms with Gasteiger partial charge in [0.25, 0.3) is 0 Å². The van der Waals surface area contributed by atoms with Crippen molar-refractivity contribution in [1.29, 1.82) is 0 Å². The molecular formula is C23H30N4O6. The zero-order valence-electron chi connectivity index (χ0n) is 18.4. The molecule has 178 valence electrons. The van der Waals surface area contributed by atoms with Gasteiger partial charge in [-0.15, -0.1) is 0 Å². The number of piperazine rings is 1. The first kappa shape index (κ1) is 24.6.